The molecule has 2 aromatic rings. The fourth-order valence-corrected chi connectivity index (χ4v) is 3.67. The number of guanidine groups is 1. The smallest absolute Gasteiger partial charge is 0.191 e. The minimum absolute atomic E-state index is 0. The number of benzene rings is 1. The fraction of sp³-hybridized carbons (Fsp3) is 0.591. The van der Waals surface area contributed by atoms with E-state index in [0.717, 1.165) is 37.1 Å². The second kappa shape index (κ2) is 12.9. The van der Waals surface area contributed by atoms with Crippen molar-refractivity contribution in [3.8, 4) is 0 Å². The van der Waals surface area contributed by atoms with Crippen molar-refractivity contribution in [1.29, 1.82) is 0 Å². The number of likely N-dealkylation sites (tertiary alicyclic amines) is 1. The van der Waals surface area contributed by atoms with E-state index in [0.29, 0.717) is 19.1 Å². The van der Waals surface area contributed by atoms with Crippen LogP contribution < -0.4 is 10.6 Å². The van der Waals surface area contributed by atoms with Gasteiger partial charge in [-0.2, -0.15) is 0 Å². The Bertz CT molecular complexity index is 775. The van der Waals surface area contributed by atoms with Gasteiger partial charge >= 0.3 is 0 Å². The minimum Gasteiger partial charge on any atom is -0.356 e. The van der Waals surface area contributed by atoms with E-state index in [4.69, 9.17) is 4.99 Å². The fourth-order valence-electron chi connectivity index (χ4n) is 3.67. The summed E-state index contributed by atoms with van der Waals surface area (Å²) in [7, 11) is 1.99. The molecular formula is C22H36IN7. The van der Waals surface area contributed by atoms with Crippen LogP contribution in [0.15, 0.2) is 35.3 Å². The van der Waals surface area contributed by atoms with Crippen molar-refractivity contribution in [2.24, 2.45) is 12.0 Å². The summed E-state index contributed by atoms with van der Waals surface area (Å²) in [5.74, 6) is 2.63. The first kappa shape index (κ1) is 24.6. The Balaban J connectivity index is 0.00000320. The number of nitrogens with zero attached hydrogens (tertiary/aromatic N) is 5. The van der Waals surface area contributed by atoms with E-state index in [9.17, 15) is 0 Å². The zero-order valence-corrected chi connectivity index (χ0v) is 20.8. The largest absolute Gasteiger partial charge is 0.356 e. The summed E-state index contributed by atoms with van der Waals surface area (Å²) in [5, 5.41) is 15.3. The highest BCUT2D eigenvalue weighted by atomic mass is 127. The molecule has 2 N–H and O–H groups in total. The Kier molecular flexibility index (Phi) is 10.6. The number of aromatic nitrogens is 3. The molecule has 166 valence electrons. The van der Waals surface area contributed by atoms with Crippen molar-refractivity contribution in [2.75, 3.05) is 19.6 Å². The van der Waals surface area contributed by atoms with Crippen molar-refractivity contribution in [3.63, 3.8) is 0 Å². The number of aliphatic imine (C=N–C) groups is 1. The Morgan fingerprint density at radius 3 is 2.67 bits per heavy atom. The van der Waals surface area contributed by atoms with Gasteiger partial charge in [0.1, 0.15) is 5.82 Å². The van der Waals surface area contributed by atoms with E-state index in [1.54, 1.807) is 0 Å². The molecule has 1 saturated heterocycles. The van der Waals surface area contributed by atoms with Gasteiger partial charge in [0, 0.05) is 26.2 Å². The molecule has 1 fully saturated rings. The average molecular weight is 525 g/mol. The maximum atomic E-state index is 4.77. The number of halogens is 1. The summed E-state index contributed by atoms with van der Waals surface area (Å²) in [6.45, 7) is 8.84. The lowest BCUT2D eigenvalue weighted by Gasteiger charge is -2.33. The normalized spacial score (nSPS) is 17.4. The molecule has 2 heterocycles. The maximum Gasteiger partial charge on any atom is 0.191 e. The van der Waals surface area contributed by atoms with Crippen LogP contribution in [0.5, 0.6) is 0 Å². The minimum atomic E-state index is 0. The highest BCUT2D eigenvalue weighted by Crippen LogP contribution is 2.16. The molecule has 30 heavy (non-hydrogen) atoms. The number of nitrogens with one attached hydrogen (secondary N) is 2. The second-order valence-electron chi connectivity index (χ2n) is 7.89. The Hall–Kier alpha value is -1.68. The van der Waals surface area contributed by atoms with E-state index in [1.165, 1.54) is 31.4 Å². The van der Waals surface area contributed by atoms with Crippen LogP contribution in [-0.4, -0.2) is 51.3 Å². The molecule has 1 aromatic carbocycles. The van der Waals surface area contributed by atoms with Gasteiger partial charge in [-0.05, 0) is 45.2 Å². The van der Waals surface area contributed by atoms with E-state index < -0.39 is 0 Å². The first-order chi connectivity index (χ1) is 14.1. The zero-order valence-electron chi connectivity index (χ0n) is 18.5. The van der Waals surface area contributed by atoms with Crippen LogP contribution >= 0.6 is 24.0 Å². The molecule has 0 aliphatic carbocycles. The van der Waals surface area contributed by atoms with Gasteiger partial charge in [-0.25, -0.2) is 4.99 Å². The summed E-state index contributed by atoms with van der Waals surface area (Å²) < 4.78 is 2.00. The third kappa shape index (κ3) is 7.54. The van der Waals surface area contributed by atoms with Crippen LogP contribution in [0.4, 0.5) is 0 Å². The van der Waals surface area contributed by atoms with Crippen molar-refractivity contribution in [1.82, 2.24) is 30.3 Å². The van der Waals surface area contributed by atoms with E-state index in [-0.39, 0.29) is 24.0 Å². The lowest BCUT2D eigenvalue weighted by molar-refractivity contribution is 0.159. The van der Waals surface area contributed by atoms with Gasteiger partial charge in [-0.3, -0.25) is 0 Å². The molecule has 0 radical (unpaired) electrons. The summed E-state index contributed by atoms with van der Waals surface area (Å²) in [6, 6.07) is 11.0. The molecule has 0 saturated carbocycles. The van der Waals surface area contributed by atoms with Crippen molar-refractivity contribution < 1.29 is 0 Å². The van der Waals surface area contributed by atoms with E-state index in [2.05, 4.69) is 44.8 Å². The zero-order chi connectivity index (χ0) is 20.5. The Morgan fingerprint density at radius 2 is 1.97 bits per heavy atom. The van der Waals surface area contributed by atoms with Crippen LogP contribution in [0.3, 0.4) is 0 Å². The van der Waals surface area contributed by atoms with Crippen LogP contribution in [-0.2, 0) is 20.1 Å². The van der Waals surface area contributed by atoms with Crippen LogP contribution in [0, 0.1) is 6.92 Å². The molecule has 0 amide bonds. The van der Waals surface area contributed by atoms with Gasteiger partial charge < -0.3 is 20.1 Å². The average Bonchev–Trinajstić information content (AvgIpc) is 3.06. The highest BCUT2D eigenvalue weighted by Gasteiger charge is 2.17. The SMILES string of the molecule is Cc1nnc(CNC(=NCc2ccccc2)NCCCN2CCCCC2C)n1C.I. The molecular weight excluding hydrogens is 489 g/mol. The van der Waals surface area contributed by atoms with Crippen LogP contribution in [0.1, 0.15) is 49.8 Å². The number of rotatable bonds is 8. The molecule has 0 spiro atoms. The first-order valence-electron chi connectivity index (χ1n) is 10.8. The third-order valence-corrected chi connectivity index (χ3v) is 5.71. The standard InChI is InChI=1S/C22H35N7.HI/c1-18-10-7-8-14-29(18)15-9-13-23-22(24-16-20-11-5-4-6-12-20)25-17-21-27-26-19(2)28(21)3;/h4-6,11-12,18H,7-10,13-17H2,1-3H3,(H2,23,24,25);1H. The molecule has 7 nitrogen and oxygen atoms in total. The molecule has 1 aliphatic heterocycles. The number of hydrogen-bond acceptors (Lipinski definition) is 4. The summed E-state index contributed by atoms with van der Waals surface area (Å²) in [4.78, 5) is 7.38. The molecule has 1 aromatic heterocycles. The maximum absolute atomic E-state index is 4.77. The number of piperidine rings is 1. The van der Waals surface area contributed by atoms with Crippen molar-refractivity contribution >= 4 is 29.9 Å². The summed E-state index contributed by atoms with van der Waals surface area (Å²) in [6.07, 6.45) is 5.15. The lowest BCUT2D eigenvalue weighted by atomic mass is 10.0. The van der Waals surface area contributed by atoms with Gasteiger partial charge in [-0.15, -0.1) is 34.2 Å². The summed E-state index contributed by atoms with van der Waals surface area (Å²) >= 11 is 0. The molecule has 0 bridgehead atoms. The lowest BCUT2D eigenvalue weighted by Crippen LogP contribution is -2.41. The number of aryl methyl sites for hydroxylation is 1. The van der Waals surface area contributed by atoms with Crippen LogP contribution in [0.25, 0.3) is 0 Å². The molecule has 1 atom stereocenters. The van der Waals surface area contributed by atoms with Crippen molar-refractivity contribution in [2.45, 2.75) is 58.7 Å². The monoisotopic (exact) mass is 525 g/mol. The predicted octanol–water partition coefficient (Wildman–Crippen LogP) is 3.24. The quantitative estimate of drug-likeness (QED) is 0.240. The van der Waals surface area contributed by atoms with E-state index in [1.807, 2.05) is 36.7 Å². The van der Waals surface area contributed by atoms with Gasteiger partial charge in [0.25, 0.3) is 0 Å². The molecule has 3 rings (SSSR count). The van der Waals surface area contributed by atoms with Gasteiger partial charge in [0.2, 0.25) is 0 Å². The first-order valence-corrected chi connectivity index (χ1v) is 10.8. The highest BCUT2D eigenvalue weighted by molar-refractivity contribution is 14.0. The van der Waals surface area contributed by atoms with Gasteiger partial charge in [0.05, 0.1) is 13.1 Å². The van der Waals surface area contributed by atoms with Gasteiger partial charge in [0.15, 0.2) is 11.8 Å². The van der Waals surface area contributed by atoms with E-state index >= 15 is 0 Å². The second-order valence-corrected chi connectivity index (χ2v) is 7.89. The molecule has 8 heteroatoms. The molecule has 1 aliphatic rings. The van der Waals surface area contributed by atoms with Crippen molar-refractivity contribution in [3.05, 3.63) is 47.5 Å². The molecule has 1 unspecified atom stereocenters. The predicted molar refractivity (Wildman–Crippen MR) is 133 cm³/mol. The third-order valence-electron chi connectivity index (χ3n) is 5.71. The summed E-state index contributed by atoms with van der Waals surface area (Å²) in [5.41, 5.74) is 1.20. The Morgan fingerprint density at radius 1 is 1.17 bits per heavy atom. The Labute approximate surface area is 197 Å². The number of hydrogen-bond donors (Lipinski definition) is 2. The van der Waals surface area contributed by atoms with Gasteiger partial charge in [-0.1, -0.05) is 36.8 Å². The van der Waals surface area contributed by atoms with Crippen LogP contribution in [0.2, 0.25) is 0 Å². The topological polar surface area (TPSA) is 70.4 Å².